The van der Waals surface area contributed by atoms with Gasteiger partial charge in [-0.3, -0.25) is 9.36 Å². The van der Waals surface area contributed by atoms with Crippen molar-refractivity contribution < 1.29 is 5.11 Å². The van der Waals surface area contributed by atoms with Gasteiger partial charge in [0.25, 0.3) is 5.56 Å². The smallest absolute Gasteiger partial charge is 0.257 e. The summed E-state index contributed by atoms with van der Waals surface area (Å²) in [6.45, 7) is 5.88. The van der Waals surface area contributed by atoms with Crippen molar-refractivity contribution in [1.82, 2.24) is 4.57 Å². The van der Waals surface area contributed by atoms with Crippen LogP contribution in [0.2, 0.25) is 0 Å². The Balaban J connectivity index is 2.13. The largest absolute Gasteiger partial charge is 0.508 e. The van der Waals surface area contributed by atoms with Crippen LogP contribution in [0.15, 0.2) is 47.3 Å². The van der Waals surface area contributed by atoms with Crippen molar-refractivity contribution in [2.45, 2.75) is 20.8 Å². The number of fused-ring (bicyclic) bond motifs is 1. The molecule has 3 rings (SSSR count). The molecule has 0 fully saturated rings. The van der Waals surface area contributed by atoms with E-state index in [2.05, 4.69) is 5.32 Å². The number of benzene rings is 2. The first-order chi connectivity index (χ1) is 11.4. The number of nitrogens with one attached hydrogen (secondary N) is 1. The van der Waals surface area contributed by atoms with E-state index in [1.165, 1.54) is 4.57 Å². The minimum absolute atomic E-state index is 0.0931. The Hall–Kier alpha value is -2.66. The van der Waals surface area contributed by atoms with Crippen LogP contribution in [0, 0.1) is 20.8 Å². The fourth-order valence-corrected chi connectivity index (χ4v) is 3.12. The Morgan fingerprint density at radius 1 is 1.04 bits per heavy atom. The third kappa shape index (κ3) is 2.90. The normalized spacial score (nSPS) is 10.8. The molecule has 0 bridgehead atoms. The zero-order valence-corrected chi connectivity index (χ0v) is 14.6. The highest BCUT2D eigenvalue weighted by atomic mass is 32.1. The Morgan fingerprint density at radius 3 is 2.50 bits per heavy atom. The Kier molecular flexibility index (Phi) is 4.11. The first kappa shape index (κ1) is 16.2. The number of aryl methyl sites for hydroxylation is 3. The van der Waals surface area contributed by atoms with Gasteiger partial charge in [0.05, 0.1) is 5.52 Å². The molecular formula is C19H18N2O2S. The zero-order valence-electron chi connectivity index (χ0n) is 13.8. The Morgan fingerprint density at radius 2 is 1.79 bits per heavy atom. The fourth-order valence-electron chi connectivity index (χ4n) is 2.82. The van der Waals surface area contributed by atoms with E-state index in [0.717, 1.165) is 27.8 Å². The lowest BCUT2D eigenvalue weighted by Gasteiger charge is -2.16. The maximum Gasteiger partial charge on any atom is 0.257 e. The molecule has 0 spiro atoms. The number of anilines is 1. The molecule has 1 aromatic heterocycles. The van der Waals surface area contributed by atoms with Crippen molar-refractivity contribution in [2.75, 3.05) is 5.32 Å². The Bertz CT molecular complexity index is 1020. The molecule has 0 unspecified atom stereocenters. The van der Waals surface area contributed by atoms with Gasteiger partial charge in [0.15, 0.2) is 5.11 Å². The standard InChI is InChI=1S/C19H18N2O2S/c1-11-4-7-16(13(3)8-11)20-19(24)21-17-10-14(22)5-6-15(17)12(2)9-18(21)23/h4-10,22H,1-3H3,(H,20,24). The second-order valence-corrected chi connectivity index (χ2v) is 6.34. The van der Waals surface area contributed by atoms with Crippen molar-refractivity contribution in [3.63, 3.8) is 0 Å². The molecule has 122 valence electrons. The molecule has 1 heterocycles. The average Bonchev–Trinajstić information content (AvgIpc) is 2.49. The maximum absolute atomic E-state index is 12.5. The van der Waals surface area contributed by atoms with Gasteiger partial charge in [0.2, 0.25) is 0 Å². The number of rotatable bonds is 1. The van der Waals surface area contributed by atoms with Crippen molar-refractivity contribution in [2.24, 2.45) is 0 Å². The van der Waals surface area contributed by atoms with Crippen molar-refractivity contribution in [1.29, 1.82) is 0 Å². The van der Waals surface area contributed by atoms with Gasteiger partial charge < -0.3 is 10.4 Å². The summed E-state index contributed by atoms with van der Waals surface area (Å²) in [6.07, 6.45) is 0. The van der Waals surface area contributed by atoms with Gasteiger partial charge >= 0.3 is 0 Å². The van der Waals surface area contributed by atoms with Gasteiger partial charge in [-0.05, 0) is 62.3 Å². The van der Waals surface area contributed by atoms with Gasteiger partial charge in [0, 0.05) is 23.2 Å². The van der Waals surface area contributed by atoms with Crippen molar-refractivity contribution in [3.05, 3.63) is 69.5 Å². The van der Waals surface area contributed by atoms with Crippen molar-refractivity contribution >= 4 is 33.9 Å². The van der Waals surface area contributed by atoms with E-state index in [0.29, 0.717) is 5.52 Å². The SMILES string of the molecule is Cc1ccc(NC(=S)n2c(=O)cc(C)c3ccc(O)cc32)c(C)c1. The number of nitrogens with zero attached hydrogens (tertiary/aromatic N) is 1. The van der Waals surface area contributed by atoms with E-state index in [4.69, 9.17) is 12.2 Å². The summed E-state index contributed by atoms with van der Waals surface area (Å²) in [5, 5.41) is 14.1. The van der Waals surface area contributed by atoms with Gasteiger partial charge in [-0.1, -0.05) is 17.7 Å². The lowest BCUT2D eigenvalue weighted by atomic mass is 10.1. The highest BCUT2D eigenvalue weighted by Gasteiger charge is 2.12. The number of phenolic OH excluding ortho intramolecular Hbond substituents is 1. The minimum atomic E-state index is -0.229. The van der Waals surface area contributed by atoms with Crippen LogP contribution in [0.3, 0.4) is 0 Å². The monoisotopic (exact) mass is 338 g/mol. The van der Waals surface area contributed by atoms with E-state index in [1.807, 2.05) is 39.0 Å². The van der Waals surface area contributed by atoms with E-state index in [1.54, 1.807) is 24.3 Å². The summed E-state index contributed by atoms with van der Waals surface area (Å²) < 4.78 is 1.41. The molecule has 0 radical (unpaired) electrons. The summed E-state index contributed by atoms with van der Waals surface area (Å²) in [5.41, 5.74) is 4.26. The number of aromatic hydroxyl groups is 1. The van der Waals surface area contributed by atoms with Crippen LogP contribution in [0.25, 0.3) is 10.9 Å². The number of hydrogen-bond donors (Lipinski definition) is 2. The topological polar surface area (TPSA) is 54.3 Å². The lowest BCUT2D eigenvalue weighted by Crippen LogP contribution is -2.31. The molecule has 5 heteroatoms. The predicted octanol–water partition coefficient (Wildman–Crippen LogP) is 3.88. The second-order valence-electron chi connectivity index (χ2n) is 5.95. The molecule has 2 aromatic carbocycles. The number of aromatic nitrogens is 1. The van der Waals surface area contributed by atoms with Gasteiger partial charge in [-0.2, -0.15) is 0 Å². The highest BCUT2D eigenvalue weighted by molar-refractivity contribution is 7.80. The lowest BCUT2D eigenvalue weighted by molar-refractivity contribution is 0.476. The third-order valence-corrected chi connectivity index (χ3v) is 4.32. The number of thiocarbonyl (C=S) groups is 1. The molecule has 0 saturated heterocycles. The third-order valence-electron chi connectivity index (χ3n) is 4.03. The minimum Gasteiger partial charge on any atom is -0.508 e. The number of pyridine rings is 1. The molecular weight excluding hydrogens is 320 g/mol. The number of hydrogen-bond acceptors (Lipinski definition) is 3. The predicted molar refractivity (Wildman–Crippen MR) is 102 cm³/mol. The molecule has 0 aliphatic heterocycles. The maximum atomic E-state index is 12.5. The van der Waals surface area contributed by atoms with Crippen LogP contribution in [0.1, 0.15) is 16.7 Å². The van der Waals surface area contributed by atoms with Gasteiger partial charge in [-0.15, -0.1) is 0 Å². The Labute approximate surface area is 145 Å². The average molecular weight is 338 g/mol. The van der Waals surface area contributed by atoms with Crippen LogP contribution < -0.4 is 10.9 Å². The molecule has 0 atom stereocenters. The molecule has 24 heavy (non-hydrogen) atoms. The molecule has 4 nitrogen and oxygen atoms in total. The molecule has 0 amide bonds. The highest BCUT2D eigenvalue weighted by Crippen LogP contribution is 2.22. The zero-order chi connectivity index (χ0) is 17.4. The van der Waals surface area contributed by atoms with Gasteiger partial charge in [0.1, 0.15) is 5.75 Å². The molecule has 0 saturated carbocycles. The summed E-state index contributed by atoms with van der Waals surface area (Å²) in [7, 11) is 0. The van der Waals surface area contributed by atoms with Crippen LogP contribution in [-0.2, 0) is 0 Å². The van der Waals surface area contributed by atoms with E-state index < -0.39 is 0 Å². The summed E-state index contributed by atoms with van der Waals surface area (Å²) >= 11 is 5.47. The fraction of sp³-hybridized carbons (Fsp3) is 0.158. The van der Waals surface area contributed by atoms with E-state index in [9.17, 15) is 9.90 Å². The second kappa shape index (κ2) is 6.09. The number of phenols is 1. The van der Waals surface area contributed by atoms with Crippen molar-refractivity contribution in [3.8, 4) is 5.75 Å². The van der Waals surface area contributed by atoms with Crippen LogP contribution in [0.4, 0.5) is 5.69 Å². The van der Waals surface area contributed by atoms with Gasteiger partial charge in [-0.25, -0.2) is 0 Å². The summed E-state index contributed by atoms with van der Waals surface area (Å²) in [4.78, 5) is 12.5. The molecule has 0 aliphatic rings. The van der Waals surface area contributed by atoms with Crippen LogP contribution >= 0.6 is 12.2 Å². The first-order valence-electron chi connectivity index (χ1n) is 7.61. The van der Waals surface area contributed by atoms with E-state index >= 15 is 0 Å². The van der Waals surface area contributed by atoms with E-state index in [-0.39, 0.29) is 16.4 Å². The summed E-state index contributed by atoms with van der Waals surface area (Å²) in [6, 6.07) is 12.5. The van der Waals surface area contributed by atoms with Crippen LogP contribution in [-0.4, -0.2) is 14.8 Å². The molecule has 3 aromatic rings. The van der Waals surface area contributed by atoms with Crippen LogP contribution in [0.5, 0.6) is 5.75 Å². The molecule has 2 N–H and O–H groups in total. The first-order valence-corrected chi connectivity index (χ1v) is 8.01. The quantitative estimate of drug-likeness (QED) is 0.661. The molecule has 0 aliphatic carbocycles. The summed E-state index contributed by atoms with van der Waals surface area (Å²) in [5.74, 6) is 0.0931.